The highest BCUT2D eigenvalue weighted by atomic mass is 19.2. The van der Waals surface area contributed by atoms with E-state index in [0.29, 0.717) is 30.1 Å². The Morgan fingerprint density at radius 2 is 1.76 bits per heavy atom. The lowest BCUT2D eigenvalue weighted by Gasteiger charge is -2.28. The van der Waals surface area contributed by atoms with Gasteiger partial charge in [-0.2, -0.15) is 0 Å². The van der Waals surface area contributed by atoms with Crippen LogP contribution in [0.4, 0.5) is 22.0 Å². The Kier molecular flexibility index (Phi) is 7.77. The van der Waals surface area contributed by atoms with Crippen molar-refractivity contribution in [3.8, 4) is 17.1 Å². The van der Waals surface area contributed by atoms with Gasteiger partial charge in [-0.25, -0.2) is 36.7 Å². The molecule has 1 aliphatic rings. The average molecular weight is 624 g/mol. The van der Waals surface area contributed by atoms with Gasteiger partial charge in [0.15, 0.2) is 17.5 Å². The van der Waals surface area contributed by atoms with E-state index in [9.17, 15) is 23.1 Å². The number of fused-ring (bicyclic) bond motifs is 1. The van der Waals surface area contributed by atoms with Crippen molar-refractivity contribution < 1.29 is 41.3 Å². The van der Waals surface area contributed by atoms with Crippen LogP contribution in [0.1, 0.15) is 47.2 Å². The lowest BCUT2D eigenvalue weighted by atomic mass is 9.87. The van der Waals surface area contributed by atoms with Crippen LogP contribution in [-0.2, 0) is 17.8 Å². The molecule has 1 saturated heterocycles. The topological polar surface area (TPSA) is 86.5 Å². The molecule has 6 rings (SSSR count). The van der Waals surface area contributed by atoms with Crippen molar-refractivity contribution in [1.29, 1.82) is 0 Å². The largest absolute Gasteiger partial charge is 0.478 e. The molecule has 0 aliphatic carbocycles. The Morgan fingerprint density at radius 1 is 0.956 bits per heavy atom. The zero-order valence-electron chi connectivity index (χ0n) is 24.1. The van der Waals surface area contributed by atoms with Gasteiger partial charge < -0.3 is 19.1 Å². The van der Waals surface area contributed by atoms with E-state index in [1.54, 1.807) is 6.07 Å². The van der Waals surface area contributed by atoms with Gasteiger partial charge in [-0.1, -0.05) is 19.9 Å². The minimum absolute atomic E-state index is 0.0178. The number of halogens is 5. The highest BCUT2D eigenvalue weighted by Gasteiger charge is 2.39. The third-order valence-electron chi connectivity index (χ3n) is 7.95. The van der Waals surface area contributed by atoms with Gasteiger partial charge in [0.05, 0.1) is 41.5 Å². The van der Waals surface area contributed by atoms with Crippen LogP contribution in [0.25, 0.3) is 22.3 Å². The van der Waals surface area contributed by atoms with Crippen molar-refractivity contribution in [2.45, 2.75) is 32.9 Å². The van der Waals surface area contributed by atoms with Gasteiger partial charge in [0.2, 0.25) is 5.88 Å². The first-order valence-corrected chi connectivity index (χ1v) is 14.0. The predicted molar refractivity (Wildman–Crippen MR) is 153 cm³/mol. The van der Waals surface area contributed by atoms with Crippen molar-refractivity contribution >= 4 is 17.0 Å². The van der Waals surface area contributed by atoms with Gasteiger partial charge in [-0.3, -0.25) is 0 Å². The molecule has 0 unspecified atom stereocenters. The van der Waals surface area contributed by atoms with Crippen LogP contribution in [0.5, 0.6) is 5.88 Å². The lowest BCUT2D eigenvalue weighted by Crippen LogP contribution is -2.27. The predicted octanol–water partition coefficient (Wildman–Crippen LogP) is 7.26. The Labute approximate surface area is 253 Å². The Hall–Kier alpha value is -4.84. The molecule has 1 aliphatic heterocycles. The number of hydrogen-bond acceptors (Lipinski definition) is 5. The maximum atomic E-state index is 15.6. The fourth-order valence-corrected chi connectivity index (χ4v) is 5.49. The van der Waals surface area contributed by atoms with E-state index in [1.165, 1.54) is 30.3 Å². The van der Waals surface area contributed by atoms with Crippen LogP contribution >= 0.6 is 0 Å². The highest BCUT2D eigenvalue weighted by molar-refractivity contribution is 5.92. The fourth-order valence-electron chi connectivity index (χ4n) is 5.49. The molecule has 3 aromatic carbocycles. The molecule has 0 bridgehead atoms. The van der Waals surface area contributed by atoms with E-state index in [-0.39, 0.29) is 51.7 Å². The molecule has 0 radical (unpaired) electrons. The van der Waals surface area contributed by atoms with Crippen molar-refractivity contribution in [2.24, 2.45) is 5.41 Å². The Morgan fingerprint density at radius 3 is 2.49 bits per heavy atom. The summed E-state index contributed by atoms with van der Waals surface area (Å²) in [4.78, 5) is 20.5. The molecule has 0 spiro atoms. The van der Waals surface area contributed by atoms with Crippen molar-refractivity contribution in [3.63, 3.8) is 0 Å². The number of rotatable bonds is 8. The van der Waals surface area contributed by atoms with Crippen LogP contribution in [0.3, 0.4) is 0 Å². The van der Waals surface area contributed by atoms with E-state index in [1.807, 2.05) is 18.4 Å². The monoisotopic (exact) mass is 623 g/mol. The second-order valence-electron chi connectivity index (χ2n) is 11.5. The zero-order valence-corrected chi connectivity index (χ0v) is 24.1. The van der Waals surface area contributed by atoms with Gasteiger partial charge in [0.25, 0.3) is 0 Å². The molecular weight excluding hydrogens is 597 g/mol. The quantitative estimate of drug-likeness (QED) is 0.145. The number of aromatic nitrogens is 3. The number of carboxylic acid groups (broad SMARTS) is 1. The highest BCUT2D eigenvalue weighted by Crippen LogP contribution is 2.40. The summed E-state index contributed by atoms with van der Waals surface area (Å²) in [5.41, 5.74) is 0.427. The number of aromatic carboxylic acids is 1. The maximum absolute atomic E-state index is 15.6. The van der Waals surface area contributed by atoms with Gasteiger partial charge in [-0.15, -0.1) is 0 Å². The molecule has 5 aromatic rings. The second kappa shape index (κ2) is 11.6. The summed E-state index contributed by atoms with van der Waals surface area (Å²) in [6.45, 7) is 4.34. The molecule has 1 N–H and O–H groups in total. The molecule has 2 aromatic heterocycles. The van der Waals surface area contributed by atoms with Crippen LogP contribution in [0.2, 0.25) is 0 Å². The summed E-state index contributed by atoms with van der Waals surface area (Å²) in [5.74, 6) is -6.62. The Balaban J connectivity index is 1.31. The summed E-state index contributed by atoms with van der Waals surface area (Å²) in [6.07, 6.45) is -0.0942. The SMILES string of the molecule is CC1(C)COC[C@H]1n1c(Cc2cc(F)c(-c3cccc(OCc4ccc(F)c(F)c4F)n3)cc2F)nc2ccc(C(=O)O)cc21. The number of benzene rings is 3. The minimum atomic E-state index is -1.63. The maximum Gasteiger partial charge on any atom is 0.335 e. The minimum Gasteiger partial charge on any atom is -0.478 e. The number of pyridine rings is 1. The number of ether oxygens (including phenoxy) is 2. The summed E-state index contributed by atoms with van der Waals surface area (Å²) >= 11 is 0. The van der Waals surface area contributed by atoms with Crippen LogP contribution in [-0.4, -0.2) is 38.8 Å². The van der Waals surface area contributed by atoms with Crippen molar-refractivity contribution in [3.05, 3.63) is 112 Å². The molecule has 1 fully saturated rings. The number of imidazole rings is 1. The number of carboxylic acids is 1. The average Bonchev–Trinajstić information content (AvgIpc) is 3.54. The van der Waals surface area contributed by atoms with Crippen LogP contribution in [0.15, 0.2) is 60.7 Å². The van der Waals surface area contributed by atoms with Gasteiger partial charge in [-0.05, 0) is 54.1 Å². The van der Waals surface area contributed by atoms with Crippen molar-refractivity contribution in [2.75, 3.05) is 13.2 Å². The third kappa shape index (κ3) is 5.73. The first-order chi connectivity index (χ1) is 21.4. The first kappa shape index (κ1) is 30.2. The van der Waals surface area contributed by atoms with Gasteiger partial charge in [0.1, 0.15) is 24.1 Å². The van der Waals surface area contributed by atoms with E-state index in [4.69, 9.17) is 9.47 Å². The fraction of sp³-hybridized carbons (Fsp3) is 0.242. The summed E-state index contributed by atoms with van der Waals surface area (Å²) < 4.78 is 84.9. The lowest BCUT2D eigenvalue weighted by molar-refractivity contribution is 0.0697. The van der Waals surface area contributed by atoms with E-state index in [0.717, 1.165) is 24.3 Å². The number of carbonyl (C=O) groups is 1. The van der Waals surface area contributed by atoms with E-state index >= 15 is 8.78 Å². The first-order valence-electron chi connectivity index (χ1n) is 14.0. The van der Waals surface area contributed by atoms with Gasteiger partial charge >= 0.3 is 5.97 Å². The summed E-state index contributed by atoms with van der Waals surface area (Å²) in [7, 11) is 0. The van der Waals surface area contributed by atoms with Crippen LogP contribution < -0.4 is 4.74 Å². The second-order valence-corrected chi connectivity index (χ2v) is 11.5. The van der Waals surface area contributed by atoms with Crippen LogP contribution in [0, 0.1) is 34.5 Å². The number of hydrogen-bond donors (Lipinski definition) is 1. The molecule has 1 atom stereocenters. The Bertz CT molecular complexity index is 1960. The van der Waals surface area contributed by atoms with E-state index < -0.39 is 41.7 Å². The standard InChI is InChI=1S/C33H26F5N3O4/c1-33(2)16-44-15-27(33)41-26-11-17(32(42)43)7-9-25(26)39-28(41)12-19-10-23(36)20(13-22(19)35)24-4-3-5-29(40-24)45-14-18-6-8-21(34)31(38)30(18)37/h3-11,13,27H,12,14-16H2,1-2H3,(H,42,43)/t27-/m1/s1. The molecule has 0 saturated carbocycles. The third-order valence-corrected chi connectivity index (χ3v) is 7.95. The smallest absolute Gasteiger partial charge is 0.335 e. The molecular formula is C33H26F5N3O4. The molecule has 3 heterocycles. The number of nitrogens with zero attached hydrogens (tertiary/aromatic N) is 3. The molecule has 7 nitrogen and oxygen atoms in total. The zero-order chi connectivity index (χ0) is 32.0. The summed E-state index contributed by atoms with van der Waals surface area (Å²) in [6, 6.07) is 12.5. The van der Waals surface area contributed by atoms with E-state index in [2.05, 4.69) is 9.97 Å². The summed E-state index contributed by atoms with van der Waals surface area (Å²) in [5, 5.41) is 9.56. The molecule has 0 amide bonds. The normalized spacial score (nSPS) is 15.9. The molecule has 12 heteroatoms. The van der Waals surface area contributed by atoms with Gasteiger partial charge in [0, 0.05) is 29.0 Å². The molecule has 45 heavy (non-hydrogen) atoms. The molecule has 232 valence electrons. The van der Waals surface area contributed by atoms with Crippen molar-refractivity contribution in [1.82, 2.24) is 14.5 Å².